The monoisotopic (exact) mass is 274 g/mol. The lowest BCUT2D eigenvalue weighted by atomic mass is 10.1. The van der Waals surface area contributed by atoms with E-state index in [4.69, 9.17) is 4.74 Å². The maximum absolute atomic E-state index is 5.42. The van der Waals surface area contributed by atoms with Crippen LogP contribution < -0.4 is 10.1 Å². The van der Waals surface area contributed by atoms with Gasteiger partial charge in [0.1, 0.15) is 5.75 Å². The smallest absolute Gasteiger partial charge is 0.132 e. The highest BCUT2D eigenvalue weighted by Gasteiger charge is 2.09. The first-order valence-electron chi connectivity index (χ1n) is 6.13. The molecule has 0 spiro atoms. The van der Waals surface area contributed by atoms with Crippen LogP contribution in [-0.2, 0) is 0 Å². The molecule has 1 N–H and O–H groups in total. The Labute approximate surface area is 118 Å². The highest BCUT2D eigenvalue weighted by molar-refractivity contribution is 7.98. The largest absolute Gasteiger partial charge is 0.496 e. The molecule has 4 heteroatoms. The molecule has 1 aromatic carbocycles. The molecule has 3 nitrogen and oxygen atoms in total. The maximum Gasteiger partial charge on any atom is 0.132 e. The lowest BCUT2D eigenvalue weighted by Crippen LogP contribution is -2.07. The van der Waals surface area contributed by atoms with E-state index in [1.54, 1.807) is 25.1 Å². The number of nitrogens with zero attached hydrogens (tertiary/aromatic N) is 1. The molecular formula is C15H18N2OS. The minimum absolute atomic E-state index is 0.203. The summed E-state index contributed by atoms with van der Waals surface area (Å²) >= 11 is 1.69. The van der Waals surface area contributed by atoms with Gasteiger partial charge in [-0.2, -0.15) is 0 Å². The average Bonchev–Trinajstić information content (AvgIpc) is 2.47. The Balaban J connectivity index is 2.17. The van der Waals surface area contributed by atoms with Gasteiger partial charge in [-0.3, -0.25) is 4.98 Å². The number of anilines is 1. The lowest BCUT2D eigenvalue weighted by molar-refractivity contribution is 0.404. The predicted octanol–water partition coefficient (Wildman–Crippen LogP) is 3.99. The molecule has 0 aliphatic carbocycles. The Morgan fingerprint density at radius 3 is 2.79 bits per heavy atom. The van der Waals surface area contributed by atoms with Gasteiger partial charge in [0.25, 0.3) is 0 Å². The van der Waals surface area contributed by atoms with E-state index in [-0.39, 0.29) is 6.04 Å². The van der Waals surface area contributed by atoms with Gasteiger partial charge >= 0.3 is 0 Å². The number of thioether (sulfide) groups is 1. The van der Waals surface area contributed by atoms with Crippen molar-refractivity contribution in [3.63, 3.8) is 0 Å². The van der Waals surface area contributed by atoms with E-state index in [9.17, 15) is 0 Å². The van der Waals surface area contributed by atoms with Crippen LogP contribution in [0.2, 0.25) is 0 Å². The van der Waals surface area contributed by atoms with Gasteiger partial charge in [0.2, 0.25) is 0 Å². The SMILES string of the molecule is COc1cc(C(C)Nc2cccnc2)ccc1SC. The number of rotatable bonds is 5. The van der Waals surface area contributed by atoms with E-state index in [2.05, 4.69) is 41.7 Å². The molecule has 1 heterocycles. The number of hydrogen-bond acceptors (Lipinski definition) is 4. The summed E-state index contributed by atoms with van der Waals surface area (Å²) in [5.41, 5.74) is 2.21. The van der Waals surface area contributed by atoms with Gasteiger partial charge in [-0.1, -0.05) is 6.07 Å². The normalized spacial score (nSPS) is 11.9. The Hall–Kier alpha value is -1.68. The highest BCUT2D eigenvalue weighted by Crippen LogP contribution is 2.31. The summed E-state index contributed by atoms with van der Waals surface area (Å²) in [7, 11) is 1.71. The van der Waals surface area contributed by atoms with Gasteiger partial charge in [0.05, 0.1) is 12.8 Å². The Morgan fingerprint density at radius 1 is 1.32 bits per heavy atom. The summed E-state index contributed by atoms with van der Waals surface area (Å²) < 4.78 is 5.42. The fourth-order valence-electron chi connectivity index (χ4n) is 1.90. The first-order valence-corrected chi connectivity index (χ1v) is 7.35. The van der Waals surface area contributed by atoms with Crippen LogP contribution in [0.5, 0.6) is 5.75 Å². The first kappa shape index (κ1) is 13.7. The van der Waals surface area contributed by atoms with Crippen LogP contribution in [0.15, 0.2) is 47.6 Å². The van der Waals surface area contributed by atoms with Crippen LogP contribution in [0.3, 0.4) is 0 Å². The van der Waals surface area contributed by atoms with Gasteiger partial charge in [0, 0.05) is 23.3 Å². The molecule has 0 radical (unpaired) electrons. The van der Waals surface area contributed by atoms with Crippen molar-refractivity contribution >= 4 is 17.4 Å². The van der Waals surface area contributed by atoms with Crippen LogP contribution in [0.4, 0.5) is 5.69 Å². The Bertz CT molecular complexity index is 531. The van der Waals surface area contributed by atoms with Crippen molar-refractivity contribution in [2.75, 3.05) is 18.7 Å². The van der Waals surface area contributed by atoms with Gasteiger partial charge in [-0.15, -0.1) is 11.8 Å². The highest BCUT2D eigenvalue weighted by atomic mass is 32.2. The zero-order valence-electron chi connectivity index (χ0n) is 11.4. The Kier molecular flexibility index (Phi) is 4.68. The number of hydrogen-bond donors (Lipinski definition) is 1. The van der Waals surface area contributed by atoms with Crippen molar-refractivity contribution in [2.45, 2.75) is 17.9 Å². The molecule has 0 saturated carbocycles. The molecule has 0 aliphatic rings. The summed E-state index contributed by atoms with van der Waals surface area (Å²) in [6, 6.07) is 10.4. The maximum atomic E-state index is 5.42. The molecule has 0 amide bonds. The van der Waals surface area contributed by atoms with Crippen LogP contribution in [0.1, 0.15) is 18.5 Å². The van der Waals surface area contributed by atoms with Crippen LogP contribution in [-0.4, -0.2) is 18.3 Å². The molecule has 1 atom stereocenters. The lowest BCUT2D eigenvalue weighted by Gasteiger charge is -2.17. The zero-order chi connectivity index (χ0) is 13.7. The number of pyridine rings is 1. The number of methoxy groups -OCH3 is 1. The second-order valence-electron chi connectivity index (χ2n) is 4.22. The molecule has 100 valence electrons. The minimum atomic E-state index is 0.203. The van der Waals surface area contributed by atoms with Crippen molar-refractivity contribution in [1.29, 1.82) is 0 Å². The summed E-state index contributed by atoms with van der Waals surface area (Å²) in [6.07, 6.45) is 5.64. The predicted molar refractivity (Wildman–Crippen MR) is 81.0 cm³/mol. The topological polar surface area (TPSA) is 34.1 Å². The van der Waals surface area contributed by atoms with E-state index < -0.39 is 0 Å². The number of benzene rings is 1. The van der Waals surface area contributed by atoms with E-state index in [1.807, 2.05) is 18.3 Å². The van der Waals surface area contributed by atoms with Crippen molar-refractivity contribution < 1.29 is 4.74 Å². The summed E-state index contributed by atoms with van der Waals surface area (Å²) in [6.45, 7) is 2.13. The van der Waals surface area contributed by atoms with Crippen molar-refractivity contribution in [3.8, 4) is 5.75 Å². The molecule has 2 rings (SSSR count). The summed E-state index contributed by atoms with van der Waals surface area (Å²) in [5, 5.41) is 3.42. The standard InChI is InChI=1S/C15H18N2OS/c1-11(17-13-5-4-8-16-10-13)12-6-7-15(19-3)14(9-12)18-2/h4-11,17H,1-3H3. The molecule has 2 aromatic rings. The fraction of sp³-hybridized carbons (Fsp3) is 0.267. The minimum Gasteiger partial charge on any atom is -0.496 e. The second-order valence-corrected chi connectivity index (χ2v) is 5.07. The zero-order valence-corrected chi connectivity index (χ0v) is 12.2. The van der Waals surface area contributed by atoms with E-state index in [1.165, 1.54) is 5.56 Å². The third-order valence-electron chi connectivity index (χ3n) is 2.95. The van der Waals surface area contributed by atoms with E-state index in [0.29, 0.717) is 0 Å². The number of nitrogens with one attached hydrogen (secondary N) is 1. The molecule has 1 unspecified atom stereocenters. The van der Waals surface area contributed by atoms with E-state index in [0.717, 1.165) is 16.3 Å². The first-order chi connectivity index (χ1) is 9.24. The summed E-state index contributed by atoms with van der Waals surface area (Å²) in [4.78, 5) is 5.25. The van der Waals surface area contributed by atoms with Gasteiger partial charge in [-0.25, -0.2) is 0 Å². The molecule has 0 bridgehead atoms. The van der Waals surface area contributed by atoms with Gasteiger partial charge in [-0.05, 0) is 43.0 Å². The van der Waals surface area contributed by atoms with Crippen molar-refractivity contribution in [2.24, 2.45) is 0 Å². The van der Waals surface area contributed by atoms with Crippen molar-refractivity contribution in [3.05, 3.63) is 48.3 Å². The summed E-state index contributed by atoms with van der Waals surface area (Å²) in [5.74, 6) is 0.921. The third-order valence-corrected chi connectivity index (χ3v) is 3.73. The number of aromatic nitrogens is 1. The Morgan fingerprint density at radius 2 is 2.16 bits per heavy atom. The van der Waals surface area contributed by atoms with Crippen LogP contribution >= 0.6 is 11.8 Å². The quantitative estimate of drug-likeness (QED) is 0.836. The molecule has 0 aliphatic heterocycles. The number of ether oxygens (including phenoxy) is 1. The van der Waals surface area contributed by atoms with Gasteiger partial charge in [0.15, 0.2) is 0 Å². The third kappa shape index (κ3) is 3.41. The van der Waals surface area contributed by atoms with Crippen LogP contribution in [0.25, 0.3) is 0 Å². The fourth-order valence-corrected chi connectivity index (χ4v) is 2.45. The van der Waals surface area contributed by atoms with Gasteiger partial charge < -0.3 is 10.1 Å². The second kappa shape index (κ2) is 6.48. The molecule has 1 aromatic heterocycles. The molecular weight excluding hydrogens is 256 g/mol. The molecule has 0 fully saturated rings. The van der Waals surface area contributed by atoms with Crippen molar-refractivity contribution in [1.82, 2.24) is 4.98 Å². The molecule has 0 saturated heterocycles. The average molecular weight is 274 g/mol. The molecule has 19 heavy (non-hydrogen) atoms. The van der Waals surface area contributed by atoms with Crippen LogP contribution in [0, 0.1) is 0 Å². The van der Waals surface area contributed by atoms with E-state index >= 15 is 0 Å².